The number of nitrogens with zero attached hydrogens (tertiary/aromatic N) is 3. The Hall–Kier alpha value is -3.00. The van der Waals surface area contributed by atoms with Gasteiger partial charge >= 0.3 is 0 Å². The quantitative estimate of drug-likeness (QED) is 0.468. The van der Waals surface area contributed by atoms with E-state index in [4.69, 9.17) is 10.6 Å². The van der Waals surface area contributed by atoms with Crippen LogP contribution in [0.5, 0.6) is 5.75 Å². The Morgan fingerprint density at radius 2 is 2.00 bits per heavy atom. The Morgan fingerprint density at radius 1 is 1.25 bits per heavy atom. The van der Waals surface area contributed by atoms with Crippen LogP contribution in [0.25, 0.3) is 11.4 Å². The van der Waals surface area contributed by atoms with Gasteiger partial charge in [0.25, 0.3) is 0 Å². The largest absolute Gasteiger partial charge is 0.494 e. The molecule has 28 heavy (non-hydrogen) atoms. The van der Waals surface area contributed by atoms with E-state index in [1.165, 1.54) is 16.4 Å². The zero-order valence-electron chi connectivity index (χ0n) is 16.0. The minimum atomic E-state index is -0.389. The van der Waals surface area contributed by atoms with Crippen LogP contribution in [0, 0.1) is 6.92 Å². The van der Waals surface area contributed by atoms with Crippen LogP contribution >= 0.6 is 11.8 Å². The van der Waals surface area contributed by atoms with Crippen molar-refractivity contribution in [3.05, 3.63) is 54.1 Å². The molecule has 0 spiro atoms. The third-order valence-corrected chi connectivity index (χ3v) is 5.08. The number of thioether (sulfide) groups is 1. The molecule has 0 aliphatic carbocycles. The predicted molar refractivity (Wildman–Crippen MR) is 112 cm³/mol. The number of aromatic nitrogens is 3. The summed E-state index contributed by atoms with van der Waals surface area (Å²) in [5.41, 5.74) is 2.67. The van der Waals surface area contributed by atoms with Gasteiger partial charge in [-0.3, -0.25) is 4.79 Å². The van der Waals surface area contributed by atoms with E-state index in [2.05, 4.69) is 15.5 Å². The van der Waals surface area contributed by atoms with Crippen LogP contribution in [0.1, 0.15) is 19.4 Å². The normalized spacial score (nSPS) is 11.8. The van der Waals surface area contributed by atoms with Crippen molar-refractivity contribution < 1.29 is 9.53 Å². The van der Waals surface area contributed by atoms with Gasteiger partial charge < -0.3 is 15.9 Å². The summed E-state index contributed by atoms with van der Waals surface area (Å²) in [7, 11) is 0. The molecular weight excluding hydrogens is 374 g/mol. The van der Waals surface area contributed by atoms with E-state index in [1.807, 2.05) is 62.4 Å². The van der Waals surface area contributed by atoms with E-state index >= 15 is 0 Å². The Balaban J connectivity index is 1.68. The highest BCUT2D eigenvalue weighted by Gasteiger charge is 2.20. The molecular formula is C20H23N5O2S. The van der Waals surface area contributed by atoms with Crippen molar-refractivity contribution in [1.82, 2.24) is 14.9 Å². The monoisotopic (exact) mass is 397 g/mol. The van der Waals surface area contributed by atoms with Crippen molar-refractivity contribution in [2.24, 2.45) is 0 Å². The number of hydrogen-bond donors (Lipinski definition) is 2. The number of rotatable bonds is 7. The number of carbonyl (C=O) groups is 1. The molecule has 1 amide bonds. The fraction of sp³-hybridized carbons (Fsp3) is 0.250. The number of anilines is 1. The zero-order chi connectivity index (χ0) is 20.1. The van der Waals surface area contributed by atoms with Crippen molar-refractivity contribution >= 4 is 23.4 Å². The average molecular weight is 398 g/mol. The summed E-state index contributed by atoms with van der Waals surface area (Å²) in [5, 5.41) is 11.3. The Bertz CT molecular complexity index is 955. The molecule has 0 bridgehead atoms. The maximum atomic E-state index is 12.5. The number of ether oxygens (including phenoxy) is 1. The van der Waals surface area contributed by atoms with Gasteiger partial charge in [0.15, 0.2) is 5.82 Å². The van der Waals surface area contributed by atoms with Crippen LogP contribution in [-0.4, -0.2) is 32.6 Å². The molecule has 0 saturated carbocycles. The van der Waals surface area contributed by atoms with E-state index in [1.54, 1.807) is 6.92 Å². The minimum absolute atomic E-state index is 0.124. The highest BCUT2D eigenvalue weighted by atomic mass is 32.2. The number of aryl methyl sites for hydroxylation is 1. The summed E-state index contributed by atoms with van der Waals surface area (Å²) < 4.78 is 6.84. The van der Waals surface area contributed by atoms with Gasteiger partial charge in [-0.1, -0.05) is 23.9 Å². The standard InChI is InChI=1S/C20H23N5O2S/c1-4-27-17-10-8-15(9-11-17)18-23-24-20(25(18)21)28-14(3)19(26)22-16-7-5-6-13(2)12-16/h5-12,14H,4,21H2,1-3H3,(H,22,26)/t14-/m1/s1. The van der Waals surface area contributed by atoms with E-state index in [9.17, 15) is 4.79 Å². The van der Waals surface area contributed by atoms with Gasteiger partial charge in [0.05, 0.1) is 11.9 Å². The number of nitrogens with two attached hydrogens (primary N) is 1. The number of benzene rings is 2. The molecule has 1 aromatic heterocycles. The van der Waals surface area contributed by atoms with Gasteiger partial charge in [-0.25, -0.2) is 4.68 Å². The van der Waals surface area contributed by atoms with Crippen molar-refractivity contribution in [3.8, 4) is 17.1 Å². The van der Waals surface area contributed by atoms with Crippen molar-refractivity contribution in [2.75, 3.05) is 17.8 Å². The summed E-state index contributed by atoms with van der Waals surface area (Å²) in [6.07, 6.45) is 0. The van der Waals surface area contributed by atoms with E-state index in [0.717, 1.165) is 22.6 Å². The molecule has 1 atom stereocenters. The second-order valence-corrected chi connectivity index (χ2v) is 7.56. The van der Waals surface area contributed by atoms with Gasteiger partial charge in [-0.05, 0) is 62.7 Å². The summed E-state index contributed by atoms with van der Waals surface area (Å²) in [5.74, 6) is 7.34. The summed E-state index contributed by atoms with van der Waals surface area (Å²) in [6.45, 7) is 6.33. The van der Waals surface area contributed by atoms with Crippen molar-refractivity contribution in [3.63, 3.8) is 0 Å². The number of nitrogens with one attached hydrogen (secondary N) is 1. The number of amides is 1. The predicted octanol–water partition coefficient (Wildman–Crippen LogP) is 3.49. The van der Waals surface area contributed by atoms with E-state index < -0.39 is 0 Å². The average Bonchev–Trinajstić information content (AvgIpc) is 3.03. The second-order valence-electron chi connectivity index (χ2n) is 6.25. The number of nitrogen functional groups attached to an aromatic ring is 1. The number of carbonyl (C=O) groups excluding carboxylic acids is 1. The molecule has 0 saturated heterocycles. The first-order valence-electron chi connectivity index (χ1n) is 8.96. The molecule has 3 rings (SSSR count). The molecule has 3 aromatic rings. The van der Waals surface area contributed by atoms with Crippen molar-refractivity contribution in [1.29, 1.82) is 0 Å². The molecule has 0 radical (unpaired) electrons. The Labute approximate surface area is 168 Å². The first-order valence-corrected chi connectivity index (χ1v) is 9.83. The van der Waals surface area contributed by atoms with E-state index in [-0.39, 0.29) is 11.2 Å². The fourth-order valence-electron chi connectivity index (χ4n) is 2.60. The highest BCUT2D eigenvalue weighted by Crippen LogP contribution is 2.26. The summed E-state index contributed by atoms with van der Waals surface area (Å²) in [6, 6.07) is 15.1. The van der Waals surface area contributed by atoms with Crippen LogP contribution in [0.3, 0.4) is 0 Å². The highest BCUT2D eigenvalue weighted by molar-refractivity contribution is 8.00. The lowest BCUT2D eigenvalue weighted by Crippen LogP contribution is -2.23. The van der Waals surface area contributed by atoms with Gasteiger partial charge in [0.2, 0.25) is 11.1 Å². The van der Waals surface area contributed by atoms with Gasteiger partial charge in [-0.2, -0.15) is 0 Å². The third-order valence-electron chi connectivity index (χ3n) is 4.03. The third kappa shape index (κ3) is 4.64. The summed E-state index contributed by atoms with van der Waals surface area (Å²) in [4.78, 5) is 12.5. The summed E-state index contributed by atoms with van der Waals surface area (Å²) >= 11 is 1.26. The van der Waals surface area contributed by atoms with Crippen LogP contribution in [-0.2, 0) is 4.79 Å². The topological polar surface area (TPSA) is 95.1 Å². The zero-order valence-corrected chi connectivity index (χ0v) is 16.9. The lowest BCUT2D eigenvalue weighted by Gasteiger charge is -2.12. The van der Waals surface area contributed by atoms with Gasteiger partial charge in [-0.15, -0.1) is 10.2 Å². The SMILES string of the molecule is CCOc1ccc(-c2nnc(S[C@H](C)C(=O)Nc3cccc(C)c3)n2N)cc1. The van der Waals surface area contributed by atoms with Gasteiger partial charge in [0.1, 0.15) is 5.75 Å². The first kappa shape index (κ1) is 19.8. The van der Waals surface area contributed by atoms with E-state index in [0.29, 0.717) is 17.6 Å². The molecule has 7 nitrogen and oxygen atoms in total. The van der Waals surface area contributed by atoms with Crippen LogP contribution < -0.4 is 15.9 Å². The molecule has 0 aliphatic heterocycles. The number of hydrogen-bond acceptors (Lipinski definition) is 6. The lowest BCUT2D eigenvalue weighted by atomic mass is 10.2. The maximum absolute atomic E-state index is 12.5. The first-order chi connectivity index (χ1) is 13.5. The fourth-order valence-corrected chi connectivity index (χ4v) is 3.37. The minimum Gasteiger partial charge on any atom is -0.494 e. The molecule has 2 aromatic carbocycles. The molecule has 146 valence electrons. The second kappa shape index (κ2) is 8.79. The lowest BCUT2D eigenvalue weighted by molar-refractivity contribution is -0.115. The van der Waals surface area contributed by atoms with Gasteiger partial charge in [0, 0.05) is 11.3 Å². The van der Waals surface area contributed by atoms with Crippen molar-refractivity contribution in [2.45, 2.75) is 31.2 Å². The molecule has 0 fully saturated rings. The van der Waals surface area contributed by atoms with Crippen LogP contribution in [0.2, 0.25) is 0 Å². The molecule has 1 heterocycles. The maximum Gasteiger partial charge on any atom is 0.237 e. The Morgan fingerprint density at radius 3 is 2.68 bits per heavy atom. The molecule has 3 N–H and O–H groups in total. The molecule has 0 aliphatic rings. The Kier molecular flexibility index (Phi) is 6.20. The molecule has 0 unspecified atom stereocenters. The molecule has 8 heteroatoms. The van der Waals surface area contributed by atoms with Crippen LogP contribution in [0.4, 0.5) is 5.69 Å². The smallest absolute Gasteiger partial charge is 0.237 e. The van der Waals surface area contributed by atoms with Crippen LogP contribution in [0.15, 0.2) is 53.7 Å².